The van der Waals surface area contributed by atoms with Gasteiger partial charge in [-0.2, -0.15) is 0 Å². The van der Waals surface area contributed by atoms with Gasteiger partial charge >= 0.3 is 0 Å². The molecule has 1 fully saturated rings. The van der Waals surface area contributed by atoms with Gasteiger partial charge in [0.1, 0.15) is 18.8 Å². The van der Waals surface area contributed by atoms with E-state index in [0.29, 0.717) is 27.4 Å². The minimum Gasteiger partial charge on any atom is -0.446 e. The van der Waals surface area contributed by atoms with Crippen LogP contribution in [0.1, 0.15) is 17.4 Å². The standard InChI is InChI=1S/C25H20ClN5O3/c26-20-4-1-15(11-19(20)24(32)23-18-5-8-34-25(18)30-14-29-23)22-17-3-2-16(12-21(17)27-13-28-22)31-6-9-33-10-7-31/h1-5,8,11-14,24,32H,6-7,9-10H2. The predicted octanol–water partition coefficient (Wildman–Crippen LogP) is 4.40. The van der Waals surface area contributed by atoms with Gasteiger partial charge in [0, 0.05) is 40.3 Å². The normalized spacial score (nSPS) is 15.2. The number of fused-ring (bicyclic) bond motifs is 2. The first-order chi connectivity index (χ1) is 16.7. The maximum Gasteiger partial charge on any atom is 0.229 e. The molecule has 6 rings (SSSR count). The monoisotopic (exact) mass is 473 g/mol. The number of benzene rings is 2. The van der Waals surface area contributed by atoms with Crippen molar-refractivity contribution >= 4 is 39.3 Å². The summed E-state index contributed by atoms with van der Waals surface area (Å²) in [6.07, 6.45) is 3.39. The number of halogens is 1. The van der Waals surface area contributed by atoms with E-state index in [1.165, 1.54) is 12.6 Å². The number of furan rings is 1. The Kier molecular flexibility index (Phi) is 5.33. The molecule has 2 aromatic carbocycles. The zero-order valence-electron chi connectivity index (χ0n) is 18.1. The molecule has 0 spiro atoms. The van der Waals surface area contributed by atoms with Gasteiger partial charge in [0.25, 0.3) is 0 Å². The highest BCUT2D eigenvalue weighted by Crippen LogP contribution is 2.35. The Morgan fingerprint density at radius 3 is 2.65 bits per heavy atom. The Balaban J connectivity index is 1.41. The molecule has 0 bridgehead atoms. The van der Waals surface area contributed by atoms with Gasteiger partial charge in [0.15, 0.2) is 0 Å². The Morgan fingerprint density at radius 1 is 0.912 bits per heavy atom. The van der Waals surface area contributed by atoms with Gasteiger partial charge < -0.3 is 19.2 Å². The van der Waals surface area contributed by atoms with Crippen LogP contribution in [0, 0.1) is 0 Å². The fourth-order valence-corrected chi connectivity index (χ4v) is 4.59. The molecule has 34 heavy (non-hydrogen) atoms. The lowest BCUT2D eigenvalue weighted by Gasteiger charge is -2.29. The third-order valence-corrected chi connectivity index (χ3v) is 6.46. The lowest BCUT2D eigenvalue weighted by atomic mass is 9.99. The highest BCUT2D eigenvalue weighted by molar-refractivity contribution is 6.31. The van der Waals surface area contributed by atoms with Crippen molar-refractivity contribution in [1.29, 1.82) is 0 Å². The van der Waals surface area contributed by atoms with E-state index in [0.717, 1.165) is 54.2 Å². The number of hydrogen-bond acceptors (Lipinski definition) is 8. The van der Waals surface area contributed by atoms with Gasteiger partial charge in [0.2, 0.25) is 5.71 Å². The molecule has 0 aliphatic carbocycles. The SMILES string of the molecule is OC(c1cc(-c2ncnc3cc(N4CCOCC4)ccc23)ccc1Cl)c1ncnc2occc12. The molecule has 0 saturated carbocycles. The average Bonchev–Trinajstić information content (AvgIpc) is 3.38. The van der Waals surface area contributed by atoms with E-state index in [-0.39, 0.29) is 0 Å². The summed E-state index contributed by atoms with van der Waals surface area (Å²) in [4.78, 5) is 19.7. The van der Waals surface area contributed by atoms with Crippen LogP contribution in [0.3, 0.4) is 0 Å². The minimum atomic E-state index is -1.06. The second-order valence-corrected chi connectivity index (χ2v) is 8.47. The average molecular weight is 474 g/mol. The summed E-state index contributed by atoms with van der Waals surface area (Å²) in [5, 5.41) is 13.2. The third-order valence-electron chi connectivity index (χ3n) is 6.11. The molecule has 1 aliphatic heterocycles. The van der Waals surface area contributed by atoms with Gasteiger partial charge in [-0.1, -0.05) is 17.7 Å². The van der Waals surface area contributed by atoms with Crippen molar-refractivity contribution in [2.24, 2.45) is 0 Å². The molecule has 1 saturated heterocycles. The molecular formula is C25H20ClN5O3. The maximum absolute atomic E-state index is 11.2. The van der Waals surface area contributed by atoms with Crippen LogP contribution in [-0.4, -0.2) is 51.3 Å². The van der Waals surface area contributed by atoms with E-state index in [2.05, 4.69) is 37.0 Å². The van der Waals surface area contributed by atoms with Gasteiger partial charge in [-0.25, -0.2) is 19.9 Å². The van der Waals surface area contributed by atoms with Crippen molar-refractivity contribution in [2.45, 2.75) is 6.10 Å². The minimum absolute atomic E-state index is 0.411. The predicted molar refractivity (Wildman–Crippen MR) is 129 cm³/mol. The van der Waals surface area contributed by atoms with E-state index in [9.17, 15) is 5.11 Å². The molecule has 8 nitrogen and oxygen atoms in total. The van der Waals surface area contributed by atoms with E-state index >= 15 is 0 Å². The highest BCUT2D eigenvalue weighted by Gasteiger charge is 2.21. The molecule has 0 radical (unpaired) electrons. The van der Waals surface area contributed by atoms with Crippen molar-refractivity contribution in [3.8, 4) is 11.3 Å². The Labute approximate surface area is 199 Å². The van der Waals surface area contributed by atoms with Crippen LogP contribution in [-0.2, 0) is 4.74 Å². The van der Waals surface area contributed by atoms with Crippen molar-refractivity contribution in [2.75, 3.05) is 31.2 Å². The number of hydrogen-bond donors (Lipinski definition) is 1. The van der Waals surface area contributed by atoms with E-state index in [4.69, 9.17) is 20.8 Å². The van der Waals surface area contributed by atoms with Crippen LogP contribution < -0.4 is 4.90 Å². The fraction of sp³-hybridized carbons (Fsp3) is 0.200. The molecule has 9 heteroatoms. The molecule has 1 aliphatic rings. The molecule has 1 N–H and O–H groups in total. The smallest absolute Gasteiger partial charge is 0.229 e. The topological polar surface area (TPSA) is 97.4 Å². The molecule has 5 aromatic rings. The first-order valence-electron chi connectivity index (χ1n) is 10.9. The number of aliphatic hydroxyl groups excluding tert-OH is 1. The summed E-state index contributed by atoms with van der Waals surface area (Å²) in [5.41, 5.74) is 4.91. The first-order valence-corrected chi connectivity index (χ1v) is 11.3. The number of morpholine rings is 1. The fourth-order valence-electron chi connectivity index (χ4n) is 4.37. The summed E-state index contributed by atoms with van der Waals surface area (Å²) < 4.78 is 10.8. The summed E-state index contributed by atoms with van der Waals surface area (Å²) in [7, 11) is 0. The molecule has 4 heterocycles. The van der Waals surface area contributed by atoms with Crippen LogP contribution in [0.5, 0.6) is 0 Å². The lowest BCUT2D eigenvalue weighted by molar-refractivity contribution is 0.122. The molecule has 3 aromatic heterocycles. The van der Waals surface area contributed by atoms with Crippen molar-refractivity contribution in [3.63, 3.8) is 0 Å². The van der Waals surface area contributed by atoms with E-state index in [1.54, 1.807) is 18.5 Å². The molecular weight excluding hydrogens is 454 g/mol. The number of ether oxygens (including phenoxy) is 1. The van der Waals surface area contributed by atoms with Gasteiger partial charge in [-0.3, -0.25) is 0 Å². The molecule has 1 unspecified atom stereocenters. The summed E-state index contributed by atoms with van der Waals surface area (Å²) in [6, 6.07) is 13.4. The molecule has 0 amide bonds. The Bertz CT molecular complexity index is 1500. The molecule has 170 valence electrons. The second kappa shape index (κ2) is 8.64. The zero-order chi connectivity index (χ0) is 23.1. The zero-order valence-corrected chi connectivity index (χ0v) is 18.8. The van der Waals surface area contributed by atoms with Gasteiger partial charge in [0.05, 0.1) is 41.8 Å². The van der Waals surface area contributed by atoms with E-state index < -0.39 is 6.10 Å². The number of rotatable bonds is 4. The van der Waals surface area contributed by atoms with Crippen LogP contribution in [0.15, 0.2) is 65.8 Å². The lowest BCUT2D eigenvalue weighted by Crippen LogP contribution is -2.36. The maximum atomic E-state index is 11.2. The Morgan fingerprint density at radius 2 is 1.76 bits per heavy atom. The number of nitrogens with zero attached hydrogens (tertiary/aromatic N) is 5. The number of aliphatic hydroxyl groups is 1. The number of aromatic nitrogens is 4. The van der Waals surface area contributed by atoms with Crippen LogP contribution in [0.4, 0.5) is 5.69 Å². The van der Waals surface area contributed by atoms with Gasteiger partial charge in [-0.15, -0.1) is 0 Å². The number of anilines is 1. The first kappa shape index (κ1) is 21.0. The highest BCUT2D eigenvalue weighted by atomic mass is 35.5. The van der Waals surface area contributed by atoms with E-state index in [1.807, 2.05) is 18.2 Å². The van der Waals surface area contributed by atoms with Gasteiger partial charge in [-0.05, 0) is 36.4 Å². The van der Waals surface area contributed by atoms with Crippen LogP contribution in [0.25, 0.3) is 33.3 Å². The summed E-state index contributed by atoms with van der Waals surface area (Å²) in [6.45, 7) is 3.16. The Hall–Kier alpha value is -3.59. The quantitative estimate of drug-likeness (QED) is 0.410. The van der Waals surface area contributed by atoms with Crippen molar-refractivity contribution in [3.05, 3.63) is 77.7 Å². The summed E-state index contributed by atoms with van der Waals surface area (Å²) >= 11 is 6.50. The van der Waals surface area contributed by atoms with Crippen molar-refractivity contribution < 1.29 is 14.3 Å². The van der Waals surface area contributed by atoms with Crippen LogP contribution in [0.2, 0.25) is 5.02 Å². The molecule has 1 atom stereocenters. The summed E-state index contributed by atoms with van der Waals surface area (Å²) in [5.74, 6) is 0. The largest absolute Gasteiger partial charge is 0.446 e. The van der Waals surface area contributed by atoms with Crippen LogP contribution >= 0.6 is 11.6 Å². The van der Waals surface area contributed by atoms with Crippen molar-refractivity contribution in [1.82, 2.24) is 19.9 Å². The third kappa shape index (κ3) is 3.66. The second-order valence-electron chi connectivity index (χ2n) is 8.06.